The van der Waals surface area contributed by atoms with Gasteiger partial charge in [-0.1, -0.05) is 0 Å². The van der Waals surface area contributed by atoms with Crippen LogP contribution >= 0.6 is 0 Å². The number of carbonyl (C=O) groups is 3. The van der Waals surface area contributed by atoms with E-state index in [-0.39, 0.29) is 36.0 Å². The van der Waals surface area contributed by atoms with Gasteiger partial charge in [-0.05, 0) is 68.7 Å². The van der Waals surface area contributed by atoms with Gasteiger partial charge in [0.2, 0.25) is 17.7 Å². The van der Waals surface area contributed by atoms with Crippen molar-refractivity contribution in [3.05, 3.63) is 42.5 Å². The predicted molar refractivity (Wildman–Crippen MR) is 124 cm³/mol. The molecule has 3 aliphatic rings. The lowest BCUT2D eigenvalue weighted by Gasteiger charge is -2.24. The van der Waals surface area contributed by atoms with Crippen LogP contribution in [0.15, 0.2) is 36.8 Å². The maximum absolute atomic E-state index is 13.2. The number of anilines is 1. The van der Waals surface area contributed by atoms with E-state index in [2.05, 4.69) is 10.3 Å². The second-order valence-corrected chi connectivity index (χ2v) is 9.79. The van der Waals surface area contributed by atoms with Crippen molar-refractivity contribution in [2.75, 3.05) is 25.0 Å². The Morgan fingerprint density at radius 1 is 1.06 bits per heavy atom. The fraction of sp³-hybridized carbons (Fsp3) is 0.520. The van der Waals surface area contributed by atoms with Crippen LogP contribution in [0.3, 0.4) is 0 Å². The first kappa shape index (κ1) is 21.7. The van der Waals surface area contributed by atoms with Gasteiger partial charge < -0.3 is 19.7 Å². The molecule has 8 nitrogen and oxygen atoms in total. The summed E-state index contributed by atoms with van der Waals surface area (Å²) in [5.41, 5.74) is 2.70. The first-order chi connectivity index (χ1) is 15.9. The number of hydrogen-bond acceptors (Lipinski definition) is 4. The van der Waals surface area contributed by atoms with Crippen LogP contribution in [0.25, 0.3) is 5.69 Å². The first-order valence-electron chi connectivity index (χ1n) is 11.9. The number of carbonyl (C=O) groups excluding carboxylic acids is 3. The van der Waals surface area contributed by atoms with Crippen LogP contribution < -0.4 is 5.32 Å². The lowest BCUT2D eigenvalue weighted by Crippen LogP contribution is -2.43. The number of imidazole rings is 1. The molecule has 1 aliphatic carbocycles. The Morgan fingerprint density at radius 3 is 2.39 bits per heavy atom. The number of rotatable bonds is 6. The highest BCUT2D eigenvalue weighted by Gasteiger charge is 2.55. The van der Waals surface area contributed by atoms with E-state index in [4.69, 9.17) is 0 Å². The third-order valence-corrected chi connectivity index (χ3v) is 7.24. The Morgan fingerprint density at radius 2 is 1.76 bits per heavy atom. The number of benzene rings is 1. The fourth-order valence-corrected chi connectivity index (χ4v) is 5.08. The lowest BCUT2D eigenvalue weighted by atomic mass is 10.0. The van der Waals surface area contributed by atoms with Crippen LogP contribution in [0.5, 0.6) is 0 Å². The minimum Gasteiger partial charge on any atom is -0.343 e. The molecule has 8 heteroatoms. The van der Waals surface area contributed by atoms with Crippen molar-refractivity contribution in [1.29, 1.82) is 0 Å². The standard InChI is InChI=1S/C25H31N5O3/c1-18-15-29(17-26-18)20-6-4-19(5-7-20)27-24(33)21-14-25(10-11-25)16-30(21)23(32)9-8-22(31)28-12-2-3-13-28/h4-7,15,17,21H,2-3,8-14,16H2,1H3,(H,27,33)/t21-/m0/s1. The number of hydrogen-bond donors (Lipinski definition) is 1. The van der Waals surface area contributed by atoms with E-state index in [1.165, 1.54) is 0 Å². The molecule has 1 aromatic heterocycles. The summed E-state index contributed by atoms with van der Waals surface area (Å²) >= 11 is 0. The van der Waals surface area contributed by atoms with Crippen molar-refractivity contribution in [2.24, 2.45) is 5.41 Å². The van der Waals surface area contributed by atoms with Crippen LogP contribution in [0.4, 0.5) is 5.69 Å². The average Bonchev–Trinajstić information content (AvgIpc) is 3.21. The average molecular weight is 450 g/mol. The van der Waals surface area contributed by atoms with Crippen LogP contribution in [-0.2, 0) is 14.4 Å². The van der Waals surface area contributed by atoms with Gasteiger partial charge in [-0.15, -0.1) is 0 Å². The summed E-state index contributed by atoms with van der Waals surface area (Å²) < 4.78 is 1.93. The number of nitrogens with zero attached hydrogens (tertiary/aromatic N) is 4. The van der Waals surface area contributed by atoms with Gasteiger partial charge in [0, 0.05) is 50.0 Å². The van der Waals surface area contributed by atoms with Crippen molar-refractivity contribution in [3.8, 4) is 5.69 Å². The second kappa shape index (κ2) is 8.65. The summed E-state index contributed by atoms with van der Waals surface area (Å²) in [6.45, 7) is 4.16. The number of amides is 3. The summed E-state index contributed by atoms with van der Waals surface area (Å²) in [5.74, 6) is -0.183. The van der Waals surface area contributed by atoms with Crippen LogP contribution in [-0.4, -0.2) is 62.7 Å². The highest BCUT2D eigenvalue weighted by molar-refractivity contribution is 5.98. The molecular weight excluding hydrogens is 418 g/mol. The molecule has 1 atom stereocenters. The molecule has 0 radical (unpaired) electrons. The molecule has 1 spiro atoms. The van der Waals surface area contributed by atoms with E-state index in [1.807, 2.05) is 46.9 Å². The molecule has 0 unspecified atom stereocenters. The summed E-state index contributed by atoms with van der Waals surface area (Å²) in [5, 5.41) is 2.99. The van der Waals surface area contributed by atoms with Crippen molar-refractivity contribution in [1.82, 2.24) is 19.4 Å². The molecule has 1 aromatic carbocycles. The predicted octanol–water partition coefficient (Wildman–Crippen LogP) is 2.90. The molecule has 33 heavy (non-hydrogen) atoms. The lowest BCUT2D eigenvalue weighted by molar-refractivity contribution is -0.139. The van der Waals surface area contributed by atoms with Gasteiger partial charge in [0.25, 0.3) is 0 Å². The van der Waals surface area contributed by atoms with E-state index in [9.17, 15) is 14.4 Å². The largest absolute Gasteiger partial charge is 0.343 e. The van der Waals surface area contributed by atoms with Gasteiger partial charge in [0.1, 0.15) is 6.04 Å². The summed E-state index contributed by atoms with van der Waals surface area (Å²) in [6.07, 6.45) is 9.02. The normalized spacial score (nSPS) is 20.9. The van der Waals surface area contributed by atoms with Gasteiger partial charge in [0.05, 0.1) is 12.0 Å². The Balaban J connectivity index is 1.21. The van der Waals surface area contributed by atoms with Crippen molar-refractivity contribution in [2.45, 2.75) is 57.9 Å². The third kappa shape index (κ3) is 4.65. The quantitative estimate of drug-likeness (QED) is 0.735. The van der Waals surface area contributed by atoms with Gasteiger partial charge in [-0.3, -0.25) is 14.4 Å². The Bertz CT molecular complexity index is 1050. The maximum Gasteiger partial charge on any atom is 0.247 e. The molecule has 2 aliphatic heterocycles. The molecule has 5 rings (SSSR count). The minimum absolute atomic E-state index is 0.0513. The smallest absolute Gasteiger partial charge is 0.247 e. The van der Waals surface area contributed by atoms with Gasteiger partial charge in [0.15, 0.2) is 0 Å². The highest BCUT2D eigenvalue weighted by Crippen LogP contribution is 2.55. The number of aryl methyl sites for hydroxylation is 1. The van der Waals surface area contributed by atoms with Crippen molar-refractivity contribution < 1.29 is 14.4 Å². The zero-order chi connectivity index (χ0) is 23.0. The van der Waals surface area contributed by atoms with E-state index in [1.54, 1.807) is 11.2 Å². The molecule has 0 bridgehead atoms. The Labute approximate surface area is 194 Å². The van der Waals surface area contributed by atoms with Gasteiger partial charge >= 0.3 is 0 Å². The summed E-state index contributed by atoms with van der Waals surface area (Å²) in [6, 6.07) is 7.12. The minimum atomic E-state index is -0.474. The Hall–Kier alpha value is -3.16. The zero-order valence-electron chi connectivity index (χ0n) is 19.1. The number of aromatic nitrogens is 2. The van der Waals surface area contributed by atoms with E-state index >= 15 is 0 Å². The second-order valence-electron chi connectivity index (χ2n) is 9.79. The van der Waals surface area contributed by atoms with Gasteiger partial charge in [-0.25, -0.2) is 4.98 Å². The van der Waals surface area contributed by atoms with Crippen LogP contribution in [0.1, 0.15) is 50.6 Å². The van der Waals surface area contributed by atoms with E-state index in [0.29, 0.717) is 18.7 Å². The first-order valence-corrected chi connectivity index (χ1v) is 11.9. The van der Waals surface area contributed by atoms with Crippen molar-refractivity contribution >= 4 is 23.4 Å². The third-order valence-electron chi connectivity index (χ3n) is 7.24. The molecular formula is C25H31N5O3. The topological polar surface area (TPSA) is 87.5 Å². The molecule has 3 amide bonds. The molecule has 1 saturated carbocycles. The Kier molecular flexibility index (Phi) is 5.68. The molecule has 2 aromatic rings. The molecule has 1 N–H and O–H groups in total. The van der Waals surface area contributed by atoms with Crippen molar-refractivity contribution in [3.63, 3.8) is 0 Å². The maximum atomic E-state index is 13.2. The molecule has 3 fully saturated rings. The van der Waals surface area contributed by atoms with Crippen LogP contribution in [0.2, 0.25) is 0 Å². The van der Waals surface area contributed by atoms with E-state index in [0.717, 1.165) is 50.2 Å². The van der Waals surface area contributed by atoms with Crippen LogP contribution in [0, 0.1) is 12.3 Å². The number of nitrogens with one attached hydrogen (secondary N) is 1. The highest BCUT2D eigenvalue weighted by atomic mass is 16.2. The van der Waals surface area contributed by atoms with E-state index < -0.39 is 6.04 Å². The number of likely N-dealkylation sites (tertiary alicyclic amines) is 2. The SMILES string of the molecule is Cc1cn(-c2ccc(NC(=O)[C@@H]3CC4(CC4)CN3C(=O)CCC(=O)N3CCCC3)cc2)cn1. The molecule has 174 valence electrons. The zero-order valence-corrected chi connectivity index (χ0v) is 19.1. The summed E-state index contributed by atoms with van der Waals surface area (Å²) in [4.78, 5) is 46.3. The van der Waals surface area contributed by atoms with Gasteiger partial charge in [-0.2, -0.15) is 0 Å². The summed E-state index contributed by atoms with van der Waals surface area (Å²) in [7, 11) is 0. The fourth-order valence-electron chi connectivity index (χ4n) is 5.08. The monoisotopic (exact) mass is 449 g/mol. The molecule has 2 saturated heterocycles. The molecule has 3 heterocycles.